The summed E-state index contributed by atoms with van der Waals surface area (Å²) in [6, 6.07) is 0. The molecular formula is C12H23NO3. The van der Waals surface area contributed by atoms with Gasteiger partial charge in [-0.15, -0.1) is 0 Å². The van der Waals surface area contributed by atoms with E-state index in [2.05, 4.69) is 18.8 Å². The van der Waals surface area contributed by atoms with E-state index in [1.54, 1.807) is 0 Å². The predicted octanol–water partition coefficient (Wildman–Crippen LogP) is 1.51. The maximum Gasteiger partial charge on any atom is 0.319 e. The smallest absolute Gasteiger partial charge is 0.319 e. The number of unbranched alkanes of at least 4 members (excludes halogenated alkanes) is 1. The first-order valence-electron chi connectivity index (χ1n) is 5.75. The van der Waals surface area contributed by atoms with Gasteiger partial charge >= 0.3 is 5.97 Å². The van der Waals surface area contributed by atoms with Crippen LogP contribution in [0.5, 0.6) is 0 Å². The van der Waals surface area contributed by atoms with Crippen LogP contribution in [0.25, 0.3) is 0 Å². The lowest BCUT2D eigenvalue weighted by Gasteiger charge is -2.06. The standard InChI is InChI=1S/C12H23NO3/c1-4-5-7-16-12(14)9-13-6-8-15-10-11(2)3/h13H,2,4-10H2,1,3H3. The molecule has 0 radical (unpaired) electrons. The molecule has 0 fully saturated rings. The van der Waals surface area contributed by atoms with E-state index < -0.39 is 0 Å². The third kappa shape index (κ3) is 11.2. The first-order valence-corrected chi connectivity index (χ1v) is 5.75. The van der Waals surface area contributed by atoms with Crippen LogP contribution >= 0.6 is 0 Å². The fraction of sp³-hybridized carbons (Fsp3) is 0.750. The number of ether oxygens (including phenoxy) is 2. The molecule has 0 saturated carbocycles. The molecule has 0 rings (SSSR count). The van der Waals surface area contributed by atoms with Crippen molar-refractivity contribution in [2.24, 2.45) is 0 Å². The van der Waals surface area contributed by atoms with E-state index in [1.165, 1.54) is 0 Å². The van der Waals surface area contributed by atoms with Gasteiger partial charge in [0.25, 0.3) is 0 Å². The molecule has 0 bridgehead atoms. The second-order valence-electron chi connectivity index (χ2n) is 3.76. The van der Waals surface area contributed by atoms with Crippen molar-refractivity contribution in [3.63, 3.8) is 0 Å². The van der Waals surface area contributed by atoms with Crippen molar-refractivity contribution in [3.05, 3.63) is 12.2 Å². The van der Waals surface area contributed by atoms with Gasteiger partial charge in [0, 0.05) is 6.54 Å². The summed E-state index contributed by atoms with van der Waals surface area (Å²) in [7, 11) is 0. The molecule has 0 aromatic rings. The zero-order chi connectivity index (χ0) is 12.2. The Hall–Kier alpha value is -0.870. The molecule has 0 aromatic carbocycles. The Balaban J connectivity index is 3.18. The van der Waals surface area contributed by atoms with E-state index >= 15 is 0 Å². The zero-order valence-electron chi connectivity index (χ0n) is 10.4. The highest BCUT2D eigenvalue weighted by Crippen LogP contribution is 1.88. The van der Waals surface area contributed by atoms with E-state index in [0.29, 0.717) is 26.4 Å². The van der Waals surface area contributed by atoms with Crippen LogP contribution in [0.15, 0.2) is 12.2 Å². The lowest BCUT2D eigenvalue weighted by molar-refractivity contribution is -0.142. The van der Waals surface area contributed by atoms with Gasteiger partial charge in [0.2, 0.25) is 0 Å². The number of hydrogen-bond donors (Lipinski definition) is 1. The fourth-order valence-corrected chi connectivity index (χ4v) is 0.963. The van der Waals surface area contributed by atoms with Crippen LogP contribution in [0.1, 0.15) is 26.7 Å². The molecule has 0 atom stereocenters. The summed E-state index contributed by atoms with van der Waals surface area (Å²) >= 11 is 0. The molecule has 16 heavy (non-hydrogen) atoms. The Bertz CT molecular complexity index is 204. The van der Waals surface area contributed by atoms with Crippen molar-refractivity contribution in [3.8, 4) is 0 Å². The minimum atomic E-state index is -0.201. The molecule has 0 aromatic heterocycles. The SMILES string of the molecule is C=C(C)COCCNCC(=O)OCCCC. The molecule has 0 unspecified atom stereocenters. The summed E-state index contributed by atoms with van der Waals surface area (Å²) in [6.45, 7) is 10.3. The summed E-state index contributed by atoms with van der Waals surface area (Å²) in [6.07, 6.45) is 1.96. The van der Waals surface area contributed by atoms with Gasteiger partial charge in [0.15, 0.2) is 0 Å². The number of esters is 1. The average molecular weight is 229 g/mol. The summed E-state index contributed by atoms with van der Waals surface area (Å²) < 4.78 is 10.2. The molecule has 4 nitrogen and oxygen atoms in total. The van der Waals surface area contributed by atoms with Crippen molar-refractivity contribution in [1.29, 1.82) is 0 Å². The average Bonchev–Trinajstić information content (AvgIpc) is 2.23. The van der Waals surface area contributed by atoms with Crippen LogP contribution in [0.3, 0.4) is 0 Å². The van der Waals surface area contributed by atoms with Crippen molar-refractivity contribution in [1.82, 2.24) is 5.32 Å². The number of rotatable bonds is 10. The van der Waals surface area contributed by atoms with Gasteiger partial charge in [-0.2, -0.15) is 0 Å². The number of hydrogen-bond acceptors (Lipinski definition) is 4. The first kappa shape index (κ1) is 15.1. The van der Waals surface area contributed by atoms with Crippen LogP contribution in [-0.2, 0) is 14.3 Å². The molecule has 0 aliphatic carbocycles. The van der Waals surface area contributed by atoms with Gasteiger partial charge in [-0.1, -0.05) is 25.5 Å². The van der Waals surface area contributed by atoms with Crippen molar-refractivity contribution in [2.45, 2.75) is 26.7 Å². The first-order chi connectivity index (χ1) is 7.66. The molecule has 0 aliphatic rings. The Morgan fingerprint density at radius 3 is 2.75 bits per heavy atom. The van der Waals surface area contributed by atoms with Gasteiger partial charge < -0.3 is 14.8 Å². The number of nitrogens with one attached hydrogen (secondary N) is 1. The molecule has 4 heteroatoms. The zero-order valence-corrected chi connectivity index (χ0v) is 10.4. The van der Waals surface area contributed by atoms with E-state index in [0.717, 1.165) is 18.4 Å². The normalized spacial score (nSPS) is 10.1. The minimum Gasteiger partial charge on any atom is -0.465 e. The lowest BCUT2D eigenvalue weighted by atomic mass is 10.4. The third-order valence-electron chi connectivity index (χ3n) is 1.80. The maximum absolute atomic E-state index is 11.1. The lowest BCUT2D eigenvalue weighted by Crippen LogP contribution is -2.28. The Morgan fingerprint density at radius 1 is 1.38 bits per heavy atom. The van der Waals surface area contributed by atoms with Crippen LogP contribution in [-0.4, -0.2) is 38.9 Å². The van der Waals surface area contributed by atoms with Gasteiger partial charge in [0.05, 0.1) is 26.4 Å². The number of carbonyl (C=O) groups is 1. The Labute approximate surface area is 98.0 Å². The summed E-state index contributed by atoms with van der Waals surface area (Å²) in [5.41, 5.74) is 0.999. The van der Waals surface area contributed by atoms with Crippen LogP contribution in [0, 0.1) is 0 Å². The summed E-state index contributed by atoms with van der Waals surface area (Å²) in [4.78, 5) is 11.1. The summed E-state index contributed by atoms with van der Waals surface area (Å²) in [5.74, 6) is -0.201. The third-order valence-corrected chi connectivity index (χ3v) is 1.80. The largest absolute Gasteiger partial charge is 0.465 e. The highest BCUT2D eigenvalue weighted by atomic mass is 16.5. The predicted molar refractivity (Wildman–Crippen MR) is 64.4 cm³/mol. The topological polar surface area (TPSA) is 47.6 Å². The van der Waals surface area contributed by atoms with Crippen molar-refractivity contribution < 1.29 is 14.3 Å². The van der Waals surface area contributed by atoms with Gasteiger partial charge in [0.1, 0.15) is 0 Å². The Kier molecular flexibility index (Phi) is 10.1. The highest BCUT2D eigenvalue weighted by molar-refractivity contribution is 5.71. The molecular weight excluding hydrogens is 206 g/mol. The van der Waals surface area contributed by atoms with Crippen LogP contribution < -0.4 is 5.32 Å². The van der Waals surface area contributed by atoms with E-state index in [1.807, 2.05) is 6.92 Å². The maximum atomic E-state index is 11.1. The molecule has 0 spiro atoms. The monoisotopic (exact) mass is 229 g/mol. The van der Waals surface area contributed by atoms with Crippen LogP contribution in [0.4, 0.5) is 0 Å². The van der Waals surface area contributed by atoms with E-state index in [9.17, 15) is 4.79 Å². The second-order valence-corrected chi connectivity index (χ2v) is 3.76. The molecule has 0 heterocycles. The summed E-state index contributed by atoms with van der Waals surface area (Å²) in [5, 5.41) is 2.96. The molecule has 0 aliphatic heterocycles. The second kappa shape index (κ2) is 10.6. The van der Waals surface area contributed by atoms with Gasteiger partial charge in [-0.05, 0) is 13.3 Å². The number of carbonyl (C=O) groups excluding carboxylic acids is 1. The minimum absolute atomic E-state index is 0.201. The van der Waals surface area contributed by atoms with Gasteiger partial charge in [-0.3, -0.25) is 4.79 Å². The van der Waals surface area contributed by atoms with E-state index in [4.69, 9.17) is 9.47 Å². The molecule has 1 N–H and O–H groups in total. The Morgan fingerprint density at radius 2 is 2.12 bits per heavy atom. The highest BCUT2D eigenvalue weighted by Gasteiger charge is 2.00. The van der Waals surface area contributed by atoms with E-state index in [-0.39, 0.29) is 12.5 Å². The quantitative estimate of drug-likeness (QED) is 0.350. The molecule has 0 amide bonds. The van der Waals surface area contributed by atoms with Crippen molar-refractivity contribution in [2.75, 3.05) is 32.9 Å². The fourth-order valence-electron chi connectivity index (χ4n) is 0.963. The molecule has 0 saturated heterocycles. The van der Waals surface area contributed by atoms with Crippen molar-refractivity contribution >= 4 is 5.97 Å². The van der Waals surface area contributed by atoms with Crippen LogP contribution in [0.2, 0.25) is 0 Å². The van der Waals surface area contributed by atoms with Gasteiger partial charge in [-0.25, -0.2) is 0 Å². The molecule has 94 valence electrons.